The summed E-state index contributed by atoms with van der Waals surface area (Å²) in [5.41, 5.74) is 2.60. The maximum absolute atomic E-state index is 4.34. The number of anilines is 1. The zero-order valence-electron chi connectivity index (χ0n) is 8.93. The van der Waals surface area contributed by atoms with Crippen LogP contribution >= 0.6 is 11.9 Å². The van der Waals surface area contributed by atoms with Gasteiger partial charge in [-0.15, -0.1) is 5.10 Å². The lowest BCUT2D eigenvalue weighted by atomic mass is 10.3. The first-order valence-electron chi connectivity index (χ1n) is 4.72. The Kier molecular flexibility index (Phi) is 2.77. The van der Waals surface area contributed by atoms with Crippen LogP contribution in [0, 0.1) is 0 Å². The van der Waals surface area contributed by atoms with E-state index in [-0.39, 0.29) is 6.04 Å². The van der Waals surface area contributed by atoms with Crippen LogP contribution in [0.25, 0.3) is 11.2 Å². The van der Waals surface area contributed by atoms with E-state index in [9.17, 15) is 0 Å². The highest BCUT2D eigenvalue weighted by Gasteiger charge is 2.08. The standard InChI is InChI=1S/C9H13N5S/c1-6(2)14-9-8(11-13-14)4-7(5-10-9)12-15-3/h4-6,12H,1-3H3. The van der Waals surface area contributed by atoms with Gasteiger partial charge in [-0.2, -0.15) is 0 Å². The highest BCUT2D eigenvalue weighted by molar-refractivity contribution is 7.99. The molecule has 0 spiro atoms. The summed E-state index contributed by atoms with van der Waals surface area (Å²) in [5.74, 6) is 0. The number of aromatic nitrogens is 4. The van der Waals surface area contributed by atoms with Gasteiger partial charge in [0.15, 0.2) is 5.65 Å². The van der Waals surface area contributed by atoms with Crippen molar-refractivity contribution in [2.45, 2.75) is 19.9 Å². The smallest absolute Gasteiger partial charge is 0.178 e. The molecule has 0 aliphatic heterocycles. The Morgan fingerprint density at radius 2 is 2.27 bits per heavy atom. The predicted octanol–water partition coefficient (Wildman–Crippen LogP) is 2.10. The second kappa shape index (κ2) is 4.06. The van der Waals surface area contributed by atoms with E-state index in [0.717, 1.165) is 16.9 Å². The summed E-state index contributed by atoms with van der Waals surface area (Å²) >= 11 is 1.53. The molecule has 0 unspecified atom stereocenters. The minimum absolute atomic E-state index is 0.279. The number of hydrogen-bond donors (Lipinski definition) is 1. The van der Waals surface area contributed by atoms with Crippen molar-refractivity contribution in [3.8, 4) is 0 Å². The molecule has 0 saturated carbocycles. The van der Waals surface area contributed by atoms with Crippen molar-refractivity contribution < 1.29 is 0 Å². The summed E-state index contributed by atoms with van der Waals surface area (Å²) in [6, 6.07) is 2.23. The van der Waals surface area contributed by atoms with Crippen molar-refractivity contribution in [1.29, 1.82) is 0 Å². The maximum Gasteiger partial charge on any atom is 0.178 e. The Hall–Kier alpha value is -1.30. The first kappa shape index (κ1) is 10.2. The Morgan fingerprint density at radius 1 is 1.47 bits per heavy atom. The number of nitrogens with zero attached hydrogens (tertiary/aromatic N) is 4. The van der Waals surface area contributed by atoms with E-state index in [4.69, 9.17) is 0 Å². The van der Waals surface area contributed by atoms with E-state index in [0.29, 0.717) is 0 Å². The molecular formula is C9H13N5S. The molecule has 6 heteroatoms. The van der Waals surface area contributed by atoms with Gasteiger partial charge in [-0.3, -0.25) is 0 Å². The first-order chi connectivity index (χ1) is 7.22. The van der Waals surface area contributed by atoms with Crippen LogP contribution in [-0.4, -0.2) is 26.2 Å². The van der Waals surface area contributed by atoms with Crippen LogP contribution in [0.5, 0.6) is 0 Å². The lowest BCUT2D eigenvalue weighted by Crippen LogP contribution is -2.03. The topological polar surface area (TPSA) is 55.6 Å². The molecule has 0 amide bonds. The van der Waals surface area contributed by atoms with Crippen LogP contribution in [0.4, 0.5) is 5.69 Å². The molecule has 0 fully saturated rings. The van der Waals surface area contributed by atoms with Gasteiger partial charge in [-0.1, -0.05) is 17.2 Å². The molecule has 15 heavy (non-hydrogen) atoms. The van der Waals surface area contributed by atoms with Crippen molar-refractivity contribution in [2.75, 3.05) is 11.0 Å². The third kappa shape index (κ3) is 1.90. The predicted molar refractivity (Wildman–Crippen MR) is 62.8 cm³/mol. The fourth-order valence-electron chi connectivity index (χ4n) is 1.36. The molecule has 2 aromatic rings. The van der Waals surface area contributed by atoms with Crippen LogP contribution < -0.4 is 4.72 Å². The molecule has 1 N–H and O–H groups in total. The molecule has 0 aliphatic rings. The number of nitrogens with one attached hydrogen (secondary N) is 1. The fourth-order valence-corrected chi connectivity index (χ4v) is 1.70. The van der Waals surface area contributed by atoms with Crippen LogP contribution in [0.1, 0.15) is 19.9 Å². The number of rotatable bonds is 3. The molecule has 5 nitrogen and oxygen atoms in total. The summed E-state index contributed by atoms with van der Waals surface area (Å²) in [5, 5.41) is 8.15. The third-order valence-corrected chi connectivity index (χ3v) is 2.46. The van der Waals surface area contributed by atoms with Crippen LogP contribution in [0.3, 0.4) is 0 Å². The summed E-state index contributed by atoms with van der Waals surface area (Å²) in [7, 11) is 0. The van der Waals surface area contributed by atoms with E-state index in [2.05, 4.69) is 33.9 Å². The molecule has 2 heterocycles. The summed E-state index contributed by atoms with van der Waals surface area (Å²) in [6.45, 7) is 4.12. The van der Waals surface area contributed by atoms with Gasteiger partial charge in [0.25, 0.3) is 0 Å². The van der Waals surface area contributed by atoms with Crippen molar-refractivity contribution >= 4 is 28.8 Å². The number of pyridine rings is 1. The Morgan fingerprint density at radius 3 is 2.93 bits per heavy atom. The van der Waals surface area contributed by atoms with E-state index in [1.165, 1.54) is 11.9 Å². The number of fused-ring (bicyclic) bond motifs is 1. The maximum atomic E-state index is 4.34. The monoisotopic (exact) mass is 223 g/mol. The Bertz CT molecular complexity index is 464. The van der Waals surface area contributed by atoms with E-state index in [1.54, 1.807) is 6.20 Å². The highest BCUT2D eigenvalue weighted by Crippen LogP contribution is 2.18. The zero-order chi connectivity index (χ0) is 10.8. The van der Waals surface area contributed by atoms with Gasteiger partial charge < -0.3 is 4.72 Å². The van der Waals surface area contributed by atoms with Crippen LogP contribution in [-0.2, 0) is 0 Å². The average Bonchev–Trinajstić information content (AvgIpc) is 2.61. The molecule has 0 aromatic carbocycles. The molecule has 2 aromatic heterocycles. The number of hydrogen-bond acceptors (Lipinski definition) is 5. The van der Waals surface area contributed by atoms with Gasteiger partial charge in [0.05, 0.1) is 17.9 Å². The molecule has 0 saturated heterocycles. The molecular weight excluding hydrogens is 210 g/mol. The second-order valence-corrected chi connectivity index (χ2v) is 4.11. The minimum atomic E-state index is 0.279. The van der Waals surface area contributed by atoms with E-state index >= 15 is 0 Å². The van der Waals surface area contributed by atoms with Crippen molar-refractivity contribution in [1.82, 2.24) is 20.0 Å². The van der Waals surface area contributed by atoms with Crippen molar-refractivity contribution in [3.63, 3.8) is 0 Å². The van der Waals surface area contributed by atoms with Crippen molar-refractivity contribution in [3.05, 3.63) is 12.3 Å². The molecule has 0 aliphatic carbocycles. The quantitative estimate of drug-likeness (QED) is 0.807. The van der Waals surface area contributed by atoms with Gasteiger partial charge >= 0.3 is 0 Å². The van der Waals surface area contributed by atoms with Gasteiger partial charge in [0.1, 0.15) is 5.52 Å². The lowest BCUT2D eigenvalue weighted by molar-refractivity contribution is 0.526. The summed E-state index contributed by atoms with van der Waals surface area (Å²) < 4.78 is 4.93. The van der Waals surface area contributed by atoms with E-state index < -0.39 is 0 Å². The SMILES string of the molecule is CSNc1cnc2c(c1)nnn2C(C)C. The minimum Gasteiger partial charge on any atom is -0.329 e. The van der Waals surface area contributed by atoms with Crippen LogP contribution in [0.2, 0.25) is 0 Å². The van der Waals surface area contributed by atoms with Gasteiger partial charge in [-0.05, 0) is 19.9 Å². The van der Waals surface area contributed by atoms with Crippen LogP contribution in [0.15, 0.2) is 12.3 Å². The van der Waals surface area contributed by atoms with Gasteiger partial charge in [-0.25, -0.2) is 9.67 Å². The molecule has 80 valence electrons. The largest absolute Gasteiger partial charge is 0.329 e. The summed E-state index contributed by atoms with van der Waals surface area (Å²) in [6.07, 6.45) is 3.76. The Labute approximate surface area is 92.4 Å². The molecule has 0 atom stereocenters. The van der Waals surface area contributed by atoms with Gasteiger partial charge in [0, 0.05) is 6.26 Å². The fraction of sp³-hybridized carbons (Fsp3) is 0.444. The summed E-state index contributed by atoms with van der Waals surface area (Å²) in [4.78, 5) is 4.34. The van der Waals surface area contributed by atoms with Crippen molar-refractivity contribution in [2.24, 2.45) is 0 Å². The molecule has 2 rings (SSSR count). The normalized spacial score (nSPS) is 11.2. The average molecular weight is 223 g/mol. The highest BCUT2D eigenvalue weighted by atomic mass is 32.2. The second-order valence-electron chi connectivity index (χ2n) is 3.50. The van der Waals surface area contributed by atoms with E-state index in [1.807, 2.05) is 17.0 Å². The lowest BCUT2D eigenvalue weighted by Gasteiger charge is -2.04. The molecule has 0 bridgehead atoms. The molecule has 0 radical (unpaired) electrons. The Balaban J connectivity index is 2.47. The first-order valence-corrected chi connectivity index (χ1v) is 5.95. The zero-order valence-corrected chi connectivity index (χ0v) is 9.75. The van der Waals surface area contributed by atoms with Gasteiger partial charge in [0.2, 0.25) is 0 Å². The third-order valence-electron chi connectivity index (χ3n) is 2.02.